The normalized spacial score (nSPS) is 16.2. The largest absolute Gasteiger partial charge is 0.207 e. The maximum atomic E-state index is 13.7. The molecular formula is C12H14F2. The fraction of sp³-hybridized carbons (Fsp3) is 0.500. The van der Waals surface area contributed by atoms with Crippen LogP contribution in [0.1, 0.15) is 36.0 Å². The van der Waals surface area contributed by atoms with Crippen molar-refractivity contribution in [2.24, 2.45) is 0 Å². The van der Waals surface area contributed by atoms with Crippen LogP contribution in [-0.4, -0.2) is 0 Å². The summed E-state index contributed by atoms with van der Waals surface area (Å²) in [6.07, 6.45) is 4.78. The van der Waals surface area contributed by atoms with Gasteiger partial charge < -0.3 is 0 Å². The van der Waals surface area contributed by atoms with Gasteiger partial charge in [-0.3, -0.25) is 0 Å². The monoisotopic (exact) mass is 196 g/mol. The molecule has 0 N–H and O–H groups in total. The van der Waals surface area contributed by atoms with Crippen LogP contribution < -0.4 is 0 Å². The van der Waals surface area contributed by atoms with Gasteiger partial charge in [0.25, 0.3) is 0 Å². The van der Waals surface area contributed by atoms with Crippen molar-refractivity contribution in [3.05, 3.63) is 34.4 Å². The van der Waals surface area contributed by atoms with Gasteiger partial charge in [-0.25, -0.2) is 8.78 Å². The first-order valence-corrected chi connectivity index (χ1v) is 5.16. The molecule has 1 aromatic carbocycles. The molecule has 0 heterocycles. The maximum absolute atomic E-state index is 13.7. The maximum Gasteiger partial charge on any atom is 0.132 e. The number of hydrogen-bond donors (Lipinski definition) is 0. The van der Waals surface area contributed by atoms with Crippen LogP contribution >= 0.6 is 0 Å². The first-order chi connectivity index (χ1) is 6.70. The molecule has 0 saturated heterocycles. The molecule has 1 aromatic rings. The van der Waals surface area contributed by atoms with E-state index in [1.54, 1.807) is 0 Å². The summed E-state index contributed by atoms with van der Waals surface area (Å²) in [5, 5.41) is 0. The van der Waals surface area contributed by atoms with E-state index in [0.717, 1.165) is 43.2 Å². The lowest BCUT2D eigenvalue weighted by Gasteiger charge is -2.09. The zero-order valence-electron chi connectivity index (χ0n) is 8.37. The molecule has 14 heavy (non-hydrogen) atoms. The summed E-state index contributed by atoms with van der Waals surface area (Å²) in [5.74, 6) is -0.718. The van der Waals surface area contributed by atoms with Gasteiger partial charge in [-0.2, -0.15) is 0 Å². The first-order valence-electron chi connectivity index (χ1n) is 5.16. The van der Waals surface area contributed by atoms with Crippen molar-refractivity contribution < 1.29 is 8.78 Å². The predicted octanol–water partition coefficient (Wildman–Crippen LogP) is 3.54. The third-order valence-electron chi connectivity index (χ3n) is 3.01. The second-order valence-corrected chi connectivity index (χ2v) is 4.00. The smallest absolute Gasteiger partial charge is 0.132 e. The van der Waals surface area contributed by atoms with Crippen molar-refractivity contribution in [1.29, 1.82) is 0 Å². The van der Waals surface area contributed by atoms with Crippen LogP contribution in [0.25, 0.3) is 0 Å². The molecule has 0 fully saturated rings. The molecular weight excluding hydrogens is 182 g/mol. The third-order valence-corrected chi connectivity index (χ3v) is 3.01. The van der Waals surface area contributed by atoms with Crippen molar-refractivity contribution in [2.45, 2.75) is 39.0 Å². The Morgan fingerprint density at radius 2 is 1.79 bits per heavy atom. The summed E-state index contributed by atoms with van der Waals surface area (Å²) in [6, 6.07) is 1.51. The van der Waals surface area contributed by atoms with Crippen LogP contribution in [0.15, 0.2) is 6.07 Å². The Balaban J connectivity index is 2.55. The minimum Gasteiger partial charge on any atom is -0.207 e. The molecule has 0 spiro atoms. The van der Waals surface area contributed by atoms with Gasteiger partial charge >= 0.3 is 0 Å². The highest BCUT2D eigenvalue weighted by atomic mass is 19.1. The molecule has 2 rings (SSSR count). The summed E-state index contributed by atoms with van der Waals surface area (Å²) in [7, 11) is 0. The van der Waals surface area contributed by atoms with E-state index in [4.69, 9.17) is 0 Å². The van der Waals surface area contributed by atoms with Gasteiger partial charge in [-0.15, -0.1) is 0 Å². The Morgan fingerprint density at radius 1 is 1.07 bits per heavy atom. The Bertz CT molecular complexity index is 356. The quantitative estimate of drug-likeness (QED) is 0.557. The lowest BCUT2D eigenvalue weighted by molar-refractivity contribution is 0.553. The Hall–Kier alpha value is -0.920. The number of rotatable bonds is 0. The fourth-order valence-electron chi connectivity index (χ4n) is 2.11. The van der Waals surface area contributed by atoms with Crippen LogP contribution in [-0.2, 0) is 12.8 Å². The summed E-state index contributed by atoms with van der Waals surface area (Å²) in [5.41, 5.74) is 1.80. The van der Waals surface area contributed by atoms with E-state index < -0.39 is 5.82 Å². The van der Waals surface area contributed by atoms with E-state index in [-0.39, 0.29) is 11.4 Å². The van der Waals surface area contributed by atoms with Crippen LogP contribution in [0.5, 0.6) is 0 Å². The number of fused-ring (bicyclic) bond motifs is 1. The molecule has 0 amide bonds. The Kier molecular flexibility index (Phi) is 2.53. The zero-order chi connectivity index (χ0) is 10.1. The predicted molar refractivity (Wildman–Crippen MR) is 52.4 cm³/mol. The van der Waals surface area contributed by atoms with Gasteiger partial charge in [0.2, 0.25) is 0 Å². The highest BCUT2D eigenvalue weighted by molar-refractivity contribution is 5.35. The van der Waals surface area contributed by atoms with Crippen LogP contribution in [0.2, 0.25) is 0 Å². The topological polar surface area (TPSA) is 0 Å². The van der Waals surface area contributed by atoms with Gasteiger partial charge in [0.15, 0.2) is 0 Å². The highest BCUT2D eigenvalue weighted by Gasteiger charge is 2.16. The lowest BCUT2D eigenvalue weighted by Crippen LogP contribution is -2.01. The van der Waals surface area contributed by atoms with E-state index in [0.29, 0.717) is 0 Å². The molecule has 0 unspecified atom stereocenters. The van der Waals surface area contributed by atoms with E-state index >= 15 is 0 Å². The molecule has 0 radical (unpaired) electrons. The average Bonchev–Trinajstić information content (AvgIpc) is 2.39. The molecule has 0 saturated carbocycles. The molecule has 0 atom stereocenters. The number of aryl methyl sites for hydroxylation is 1. The number of halogens is 2. The molecule has 76 valence electrons. The van der Waals surface area contributed by atoms with Crippen molar-refractivity contribution in [3.63, 3.8) is 0 Å². The molecule has 1 aliphatic rings. The van der Waals surface area contributed by atoms with Gasteiger partial charge in [0, 0.05) is 5.56 Å². The first kappa shape index (κ1) is 9.63. The molecule has 2 heteroatoms. The molecule has 0 aromatic heterocycles. The third kappa shape index (κ3) is 1.54. The van der Waals surface area contributed by atoms with Crippen molar-refractivity contribution >= 4 is 0 Å². The summed E-state index contributed by atoms with van der Waals surface area (Å²) < 4.78 is 26.9. The van der Waals surface area contributed by atoms with E-state index in [9.17, 15) is 8.78 Å². The van der Waals surface area contributed by atoms with Crippen molar-refractivity contribution in [1.82, 2.24) is 0 Å². The Labute approximate surface area is 82.9 Å². The summed E-state index contributed by atoms with van der Waals surface area (Å²) in [4.78, 5) is 0. The minimum absolute atomic E-state index is 0.172. The van der Waals surface area contributed by atoms with Gasteiger partial charge in [0.05, 0.1) is 0 Å². The summed E-state index contributed by atoms with van der Waals surface area (Å²) in [6.45, 7) is 1.51. The van der Waals surface area contributed by atoms with Crippen LogP contribution in [0.4, 0.5) is 8.78 Å². The average molecular weight is 196 g/mol. The van der Waals surface area contributed by atoms with Gasteiger partial charge in [-0.1, -0.05) is 6.42 Å². The van der Waals surface area contributed by atoms with Crippen molar-refractivity contribution in [2.75, 3.05) is 0 Å². The second kappa shape index (κ2) is 3.68. The minimum atomic E-state index is -0.400. The van der Waals surface area contributed by atoms with Crippen LogP contribution in [0, 0.1) is 18.6 Å². The molecule has 0 nitrogen and oxygen atoms in total. The molecule has 0 bridgehead atoms. The molecule has 1 aliphatic carbocycles. The lowest BCUT2D eigenvalue weighted by atomic mass is 9.99. The highest BCUT2D eigenvalue weighted by Crippen LogP contribution is 2.26. The standard InChI is InChI=1S/C12H14F2/c1-8-11(13)7-9-5-3-2-4-6-10(9)12(8)14/h7H,2-6H2,1H3. The fourth-order valence-corrected chi connectivity index (χ4v) is 2.11. The molecule has 0 aliphatic heterocycles. The van der Waals surface area contributed by atoms with Crippen molar-refractivity contribution in [3.8, 4) is 0 Å². The number of hydrogen-bond acceptors (Lipinski definition) is 0. The Morgan fingerprint density at radius 3 is 2.57 bits per heavy atom. The van der Waals surface area contributed by atoms with Crippen LogP contribution in [0.3, 0.4) is 0 Å². The summed E-state index contributed by atoms with van der Waals surface area (Å²) >= 11 is 0. The SMILES string of the molecule is Cc1c(F)cc2c(c1F)CCCCC2. The zero-order valence-corrected chi connectivity index (χ0v) is 8.37. The van der Waals surface area contributed by atoms with Gasteiger partial charge in [0.1, 0.15) is 11.6 Å². The number of benzene rings is 1. The van der Waals surface area contributed by atoms with E-state index in [1.165, 1.54) is 13.0 Å². The van der Waals surface area contributed by atoms with E-state index in [2.05, 4.69) is 0 Å². The van der Waals surface area contributed by atoms with E-state index in [1.807, 2.05) is 0 Å². The van der Waals surface area contributed by atoms with Gasteiger partial charge in [-0.05, 0) is 49.8 Å². The second-order valence-electron chi connectivity index (χ2n) is 4.00.